The number of aromatic nitrogens is 1. The van der Waals surface area contributed by atoms with Crippen LogP contribution >= 0.6 is 11.6 Å². The van der Waals surface area contributed by atoms with Crippen molar-refractivity contribution in [3.05, 3.63) is 88.2 Å². The van der Waals surface area contributed by atoms with Gasteiger partial charge in [-0.1, -0.05) is 48.9 Å². The monoisotopic (exact) mass is 503 g/mol. The number of benzene rings is 1. The molecule has 2 amide bonds. The second-order valence-electron chi connectivity index (χ2n) is 7.78. The second kappa shape index (κ2) is 10.1. The van der Waals surface area contributed by atoms with Crippen molar-refractivity contribution < 1.29 is 31.1 Å². The van der Waals surface area contributed by atoms with Crippen molar-refractivity contribution in [2.75, 3.05) is 0 Å². The summed E-state index contributed by atoms with van der Waals surface area (Å²) >= 11 is 5.82. The number of allylic oxidation sites excluding steroid dienone is 3. The Morgan fingerprint density at radius 2 is 1.76 bits per heavy atom. The van der Waals surface area contributed by atoms with Crippen LogP contribution in [-0.4, -0.2) is 17.2 Å². The van der Waals surface area contributed by atoms with Gasteiger partial charge in [0.2, 0.25) is 0 Å². The molecule has 3 atom stereocenters. The van der Waals surface area contributed by atoms with Crippen molar-refractivity contribution in [3.63, 3.8) is 0 Å². The molecule has 34 heavy (non-hydrogen) atoms. The van der Waals surface area contributed by atoms with Gasteiger partial charge >= 0.3 is 18.4 Å². The Bertz CT molecular complexity index is 1080. The average molecular weight is 504 g/mol. The Morgan fingerprint density at radius 1 is 1.09 bits per heavy atom. The highest BCUT2D eigenvalue weighted by molar-refractivity contribution is 6.30. The molecule has 2 aromatic rings. The Labute approximate surface area is 196 Å². The lowest BCUT2D eigenvalue weighted by atomic mass is 9.79. The van der Waals surface area contributed by atoms with Crippen LogP contribution in [0.25, 0.3) is 0 Å². The zero-order valence-corrected chi connectivity index (χ0v) is 18.5. The number of rotatable bonds is 5. The van der Waals surface area contributed by atoms with Crippen molar-refractivity contribution in [1.82, 2.24) is 15.6 Å². The van der Waals surface area contributed by atoms with E-state index >= 15 is 0 Å². The van der Waals surface area contributed by atoms with E-state index in [0.29, 0.717) is 10.6 Å². The molecule has 2 N–H and O–H groups in total. The molecule has 0 saturated carbocycles. The summed E-state index contributed by atoms with van der Waals surface area (Å²) in [7, 11) is 0. The van der Waals surface area contributed by atoms with Crippen LogP contribution < -0.4 is 10.6 Å². The fraction of sp³-hybridized carbons (Fsp3) is 0.304. The lowest BCUT2D eigenvalue weighted by molar-refractivity contribution is -0.138. The second-order valence-corrected chi connectivity index (χ2v) is 8.22. The number of carbonyl (C=O) groups excluding carboxylic acids is 1. The van der Waals surface area contributed by atoms with Crippen LogP contribution in [0.4, 0.5) is 31.1 Å². The van der Waals surface area contributed by atoms with E-state index in [4.69, 9.17) is 11.6 Å². The third-order valence-corrected chi connectivity index (χ3v) is 5.60. The van der Waals surface area contributed by atoms with E-state index in [9.17, 15) is 31.1 Å². The number of urea groups is 1. The van der Waals surface area contributed by atoms with Gasteiger partial charge in [-0.2, -0.15) is 26.3 Å². The molecule has 0 fully saturated rings. The summed E-state index contributed by atoms with van der Waals surface area (Å²) in [5.74, 6) is -1.75. The molecule has 0 radical (unpaired) electrons. The van der Waals surface area contributed by atoms with E-state index in [2.05, 4.69) is 15.6 Å². The molecule has 0 saturated heterocycles. The van der Waals surface area contributed by atoms with E-state index in [1.165, 1.54) is 6.92 Å². The summed E-state index contributed by atoms with van der Waals surface area (Å²) in [6.07, 6.45) is -5.34. The molecule has 1 aromatic carbocycles. The maximum atomic E-state index is 13.7. The van der Waals surface area contributed by atoms with E-state index in [-0.39, 0.29) is 6.54 Å². The third-order valence-electron chi connectivity index (χ3n) is 5.35. The Morgan fingerprint density at radius 3 is 2.35 bits per heavy atom. The van der Waals surface area contributed by atoms with Gasteiger partial charge in [0.05, 0.1) is 22.9 Å². The summed E-state index contributed by atoms with van der Waals surface area (Å²) in [5, 5.41) is 5.52. The molecule has 1 aromatic heterocycles. The summed E-state index contributed by atoms with van der Waals surface area (Å²) in [6, 6.07) is 6.32. The van der Waals surface area contributed by atoms with E-state index in [0.717, 1.165) is 36.6 Å². The smallest absolute Gasteiger partial charge is 0.334 e. The molecule has 0 bridgehead atoms. The average Bonchev–Trinajstić information content (AvgIpc) is 2.76. The van der Waals surface area contributed by atoms with Crippen LogP contribution in [0.5, 0.6) is 0 Å². The number of nitrogens with zero attached hydrogens (tertiary/aromatic N) is 1. The van der Waals surface area contributed by atoms with E-state index < -0.39 is 53.1 Å². The number of pyridine rings is 1. The minimum atomic E-state index is -4.78. The molecular weight excluding hydrogens is 484 g/mol. The minimum Gasteiger partial charge on any atom is -0.334 e. The first-order valence-corrected chi connectivity index (χ1v) is 10.5. The molecule has 1 aliphatic carbocycles. The lowest BCUT2D eigenvalue weighted by Crippen LogP contribution is -2.42. The fourth-order valence-electron chi connectivity index (χ4n) is 3.67. The van der Waals surface area contributed by atoms with Gasteiger partial charge in [0.25, 0.3) is 0 Å². The molecular formula is C23H20ClF6N3O. The van der Waals surface area contributed by atoms with Gasteiger partial charge in [0, 0.05) is 23.7 Å². The zero-order chi connectivity index (χ0) is 25.1. The number of hydrogen-bond acceptors (Lipinski definition) is 2. The molecule has 0 spiro atoms. The fourth-order valence-corrected chi connectivity index (χ4v) is 3.80. The first kappa shape index (κ1) is 25.6. The van der Waals surface area contributed by atoms with Crippen molar-refractivity contribution in [2.45, 2.75) is 31.9 Å². The zero-order valence-electron chi connectivity index (χ0n) is 17.7. The quantitative estimate of drug-likeness (QED) is 0.451. The SMILES string of the molecule is CC1C=C(C(F)(F)F)C=CC1C(NC(=O)NCc1ccc(Cl)cc1)c1ncccc1C(F)(F)F. The Kier molecular flexibility index (Phi) is 7.60. The molecule has 4 nitrogen and oxygen atoms in total. The molecule has 1 aliphatic rings. The summed E-state index contributed by atoms with van der Waals surface area (Å²) in [4.78, 5) is 16.5. The maximum Gasteiger partial charge on any atom is 0.418 e. The van der Waals surface area contributed by atoms with E-state index in [1.807, 2.05) is 0 Å². The maximum absolute atomic E-state index is 13.7. The lowest BCUT2D eigenvalue weighted by Gasteiger charge is -2.32. The number of nitrogens with one attached hydrogen (secondary N) is 2. The molecule has 3 rings (SSSR count). The topological polar surface area (TPSA) is 54.0 Å². The van der Waals surface area contributed by atoms with Gasteiger partial charge in [-0.15, -0.1) is 0 Å². The molecule has 0 aliphatic heterocycles. The molecule has 3 unspecified atom stereocenters. The number of amides is 2. The number of hydrogen-bond donors (Lipinski definition) is 2. The van der Waals surface area contributed by atoms with Crippen molar-refractivity contribution in [1.29, 1.82) is 0 Å². The molecule has 1 heterocycles. The summed E-state index contributed by atoms with van der Waals surface area (Å²) in [6.45, 7) is 1.49. The molecule has 11 heteroatoms. The Hall–Kier alpha value is -3.01. The van der Waals surface area contributed by atoms with Crippen LogP contribution in [0.3, 0.4) is 0 Å². The van der Waals surface area contributed by atoms with Crippen LogP contribution in [0.1, 0.15) is 29.8 Å². The number of alkyl halides is 6. The largest absolute Gasteiger partial charge is 0.418 e. The summed E-state index contributed by atoms with van der Waals surface area (Å²) < 4.78 is 80.4. The highest BCUT2D eigenvalue weighted by Gasteiger charge is 2.41. The normalized spacial score (nSPS) is 19.4. The van der Waals surface area contributed by atoms with Gasteiger partial charge < -0.3 is 10.6 Å². The first-order valence-electron chi connectivity index (χ1n) is 10.1. The van der Waals surface area contributed by atoms with Gasteiger partial charge in [0.1, 0.15) is 0 Å². The Balaban J connectivity index is 1.89. The van der Waals surface area contributed by atoms with Gasteiger partial charge in [-0.3, -0.25) is 4.98 Å². The van der Waals surface area contributed by atoms with Crippen LogP contribution in [-0.2, 0) is 12.7 Å². The molecule has 182 valence electrons. The minimum absolute atomic E-state index is 0.0538. The predicted molar refractivity (Wildman–Crippen MR) is 115 cm³/mol. The highest BCUT2D eigenvalue weighted by atomic mass is 35.5. The number of carbonyl (C=O) groups is 1. The van der Waals surface area contributed by atoms with Crippen LogP contribution in [0.2, 0.25) is 5.02 Å². The standard InChI is InChI=1S/C23H20ClF6N3O/c1-13-11-15(22(25,26)27)6-9-17(13)19(20-18(23(28,29)30)3-2-10-31-20)33-21(34)32-12-14-4-7-16(24)8-5-14/h2-11,13,17,19H,12H2,1H3,(H2,32,33,34). The summed E-state index contributed by atoms with van der Waals surface area (Å²) in [5.41, 5.74) is -1.78. The first-order chi connectivity index (χ1) is 15.9. The third kappa shape index (κ3) is 6.31. The van der Waals surface area contributed by atoms with Gasteiger partial charge in [0.15, 0.2) is 0 Å². The van der Waals surface area contributed by atoms with Crippen molar-refractivity contribution in [2.24, 2.45) is 11.8 Å². The highest BCUT2D eigenvalue weighted by Crippen LogP contribution is 2.41. The van der Waals surface area contributed by atoms with Crippen LogP contribution in [0.15, 0.2) is 66.4 Å². The van der Waals surface area contributed by atoms with Crippen LogP contribution in [0, 0.1) is 11.8 Å². The predicted octanol–water partition coefficient (Wildman–Crippen LogP) is 6.61. The van der Waals surface area contributed by atoms with E-state index in [1.54, 1.807) is 24.3 Å². The number of halogens is 7. The van der Waals surface area contributed by atoms with Crippen molar-refractivity contribution in [3.8, 4) is 0 Å². The van der Waals surface area contributed by atoms with Gasteiger partial charge in [-0.05, 0) is 35.7 Å². The van der Waals surface area contributed by atoms with Crippen molar-refractivity contribution >= 4 is 17.6 Å². The van der Waals surface area contributed by atoms with Gasteiger partial charge in [-0.25, -0.2) is 4.79 Å².